The Kier molecular flexibility index (Phi) is 5.76. The minimum absolute atomic E-state index is 0.252. The van der Waals surface area contributed by atoms with Gasteiger partial charge in [0.1, 0.15) is 5.82 Å². The number of hydrogen-bond acceptors (Lipinski definition) is 2. The number of benzene rings is 1. The lowest BCUT2D eigenvalue weighted by Gasteiger charge is -2.38. The van der Waals surface area contributed by atoms with Crippen molar-refractivity contribution in [3.63, 3.8) is 0 Å². The third-order valence-electron chi connectivity index (χ3n) is 3.51. The van der Waals surface area contributed by atoms with Gasteiger partial charge in [-0.25, -0.2) is 4.39 Å². The number of halogens is 1. The molecule has 1 aromatic carbocycles. The van der Waals surface area contributed by atoms with Gasteiger partial charge in [0.05, 0.1) is 5.60 Å². The van der Waals surface area contributed by atoms with Crippen LogP contribution in [0.4, 0.5) is 4.39 Å². The minimum atomic E-state index is -0.765. The van der Waals surface area contributed by atoms with E-state index in [4.69, 9.17) is 0 Å². The number of rotatable bonds is 2. The Labute approximate surface area is 109 Å². The zero-order valence-electron chi connectivity index (χ0n) is 11.6. The first-order valence-electron chi connectivity index (χ1n) is 6.85. The van der Waals surface area contributed by atoms with Crippen LogP contribution in [-0.2, 0) is 5.60 Å². The van der Waals surface area contributed by atoms with Gasteiger partial charge < -0.3 is 10.0 Å². The summed E-state index contributed by atoms with van der Waals surface area (Å²) in [5.41, 5.74) is 0.0731. The van der Waals surface area contributed by atoms with Crippen molar-refractivity contribution in [1.82, 2.24) is 4.90 Å². The average molecular weight is 253 g/mol. The molecule has 1 aromatic rings. The number of hydrogen-bond donors (Lipinski definition) is 1. The quantitative estimate of drug-likeness (QED) is 0.875. The van der Waals surface area contributed by atoms with Crippen LogP contribution in [0.3, 0.4) is 0 Å². The van der Waals surface area contributed by atoms with Gasteiger partial charge in [0.25, 0.3) is 0 Å². The maximum atomic E-state index is 12.8. The summed E-state index contributed by atoms with van der Waals surface area (Å²) in [5.74, 6) is -0.252. The molecule has 18 heavy (non-hydrogen) atoms. The average Bonchev–Trinajstić information content (AvgIpc) is 2.42. The van der Waals surface area contributed by atoms with E-state index in [1.54, 1.807) is 12.1 Å². The molecule has 3 heteroatoms. The van der Waals surface area contributed by atoms with Gasteiger partial charge in [-0.3, -0.25) is 0 Å². The molecule has 1 aliphatic heterocycles. The molecule has 0 spiro atoms. The highest BCUT2D eigenvalue weighted by atomic mass is 19.1. The zero-order chi connectivity index (χ0) is 13.6. The summed E-state index contributed by atoms with van der Waals surface area (Å²) in [7, 11) is 0. The molecule has 1 fully saturated rings. The van der Waals surface area contributed by atoms with Crippen molar-refractivity contribution in [1.29, 1.82) is 0 Å². The summed E-state index contributed by atoms with van der Waals surface area (Å²) in [6.45, 7) is 8.97. The Hall–Kier alpha value is -0.930. The molecule has 0 bridgehead atoms. The van der Waals surface area contributed by atoms with Crippen LogP contribution in [0.2, 0.25) is 0 Å². The lowest BCUT2D eigenvalue weighted by Crippen LogP contribution is -2.42. The molecule has 2 rings (SSSR count). The second kappa shape index (κ2) is 6.86. The Morgan fingerprint density at radius 1 is 1.17 bits per heavy atom. The van der Waals surface area contributed by atoms with E-state index in [2.05, 4.69) is 11.8 Å². The van der Waals surface area contributed by atoms with Crippen molar-refractivity contribution in [3.8, 4) is 0 Å². The monoisotopic (exact) mass is 253 g/mol. The smallest absolute Gasteiger partial charge is 0.123 e. The summed E-state index contributed by atoms with van der Waals surface area (Å²) >= 11 is 0. The van der Waals surface area contributed by atoms with Gasteiger partial charge in [-0.2, -0.15) is 0 Å². The van der Waals surface area contributed by atoms with Gasteiger partial charge in [0.2, 0.25) is 0 Å². The first-order chi connectivity index (χ1) is 8.64. The summed E-state index contributed by atoms with van der Waals surface area (Å²) in [5, 5.41) is 10.5. The summed E-state index contributed by atoms with van der Waals surface area (Å²) in [6.07, 6.45) is 1.46. The summed E-state index contributed by atoms with van der Waals surface area (Å²) in [4.78, 5) is 2.32. The largest absolute Gasteiger partial charge is 0.385 e. The lowest BCUT2D eigenvalue weighted by molar-refractivity contribution is -0.0247. The van der Waals surface area contributed by atoms with Crippen LogP contribution >= 0.6 is 0 Å². The van der Waals surface area contributed by atoms with Gasteiger partial charge in [0.15, 0.2) is 0 Å². The third-order valence-corrected chi connectivity index (χ3v) is 3.51. The van der Waals surface area contributed by atoms with E-state index in [1.807, 2.05) is 13.8 Å². The first kappa shape index (κ1) is 15.1. The molecule has 0 unspecified atom stereocenters. The summed E-state index contributed by atoms with van der Waals surface area (Å²) < 4.78 is 12.8. The minimum Gasteiger partial charge on any atom is -0.385 e. The molecule has 0 aromatic heterocycles. The zero-order valence-corrected chi connectivity index (χ0v) is 11.6. The van der Waals surface area contributed by atoms with Crippen molar-refractivity contribution in [2.24, 2.45) is 0 Å². The van der Waals surface area contributed by atoms with Gasteiger partial charge in [-0.1, -0.05) is 32.9 Å². The van der Waals surface area contributed by atoms with E-state index < -0.39 is 5.60 Å². The maximum Gasteiger partial charge on any atom is 0.123 e. The van der Waals surface area contributed by atoms with Crippen LogP contribution in [-0.4, -0.2) is 29.6 Å². The first-order valence-corrected chi connectivity index (χ1v) is 6.85. The van der Waals surface area contributed by atoms with Crippen LogP contribution in [0.5, 0.6) is 0 Å². The van der Waals surface area contributed by atoms with Crippen LogP contribution in [0.1, 0.15) is 39.2 Å². The summed E-state index contributed by atoms with van der Waals surface area (Å²) in [6, 6.07) is 6.22. The van der Waals surface area contributed by atoms with Gasteiger partial charge in [-0.15, -0.1) is 0 Å². The topological polar surface area (TPSA) is 23.5 Å². The van der Waals surface area contributed by atoms with Crippen molar-refractivity contribution in [2.75, 3.05) is 19.6 Å². The second-order valence-corrected chi connectivity index (χ2v) is 4.47. The molecule has 2 nitrogen and oxygen atoms in total. The van der Waals surface area contributed by atoms with Crippen molar-refractivity contribution in [2.45, 2.75) is 39.2 Å². The molecule has 0 radical (unpaired) electrons. The molecular weight excluding hydrogens is 229 g/mol. The number of aliphatic hydroxyl groups is 1. The van der Waals surface area contributed by atoms with Gasteiger partial charge in [-0.05, 0) is 37.1 Å². The number of nitrogens with zero attached hydrogens (tertiary/aromatic N) is 1. The molecule has 1 N–H and O–H groups in total. The van der Waals surface area contributed by atoms with E-state index in [1.165, 1.54) is 12.1 Å². The standard InChI is InChI=1S/C13H18FNO.C2H6/c1-2-15-9-7-13(16,8-10-15)11-3-5-12(14)6-4-11;1-2/h3-6,16H,2,7-10H2,1H3;1-2H3. The Bertz CT molecular complexity index is 342. The third kappa shape index (κ3) is 3.53. The van der Waals surface area contributed by atoms with Crippen molar-refractivity contribution < 1.29 is 9.50 Å². The van der Waals surface area contributed by atoms with E-state index in [0.717, 1.165) is 38.0 Å². The molecular formula is C15H24FNO. The highest BCUT2D eigenvalue weighted by molar-refractivity contribution is 5.23. The van der Waals surface area contributed by atoms with E-state index >= 15 is 0 Å². The van der Waals surface area contributed by atoms with E-state index in [9.17, 15) is 9.50 Å². The number of likely N-dealkylation sites (tertiary alicyclic amines) is 1. The van der Waals surface area contributed by atoms with Crippen LogP contribution in [0, 0.1) is 5.82 Å². The van der Waals surface area contributed by atoms with E-state index in [-0.39, 0.29) is 5.82 Å². The SMILES string of the molecule is CC.CCN1CCC(O)(c2ccc(F)cc2)CC1. The van der Waals surface area contributed by atoms with Crippen LogP contribution in [0.15, 0.2) is 24.3 Å². The number of piperidine rings is 1. The predicted molar refractivity (Wildman–Crippen MR) is 73.0 cm³/mol. The lowest BCUT2D eigenvalue weighted by atomic mass is 9.84. The highest BCUT2D eigenvalue weighted by Crippen LogP contribution is 2.32. The fraction of sp³-hybridized carbons (Fsp3) is 0.600. The second-order valence-electron chi connectivity index (χ2n) is 4.47. The Morgan fingerprint density at radius 3 is 2.11 bits per heavy atom. The highest BCUT2D eigenvalue weighted by Gasteiger charge is 2.33. The molecule has 102 valence electrons. The molecule has 1 aliphatic rings. The molecule has 0 amide bonds. The predicted octanol–water partition coefficient (Wildman–Crippen LogP) is 3.16. The van der Waals surface area contributed by atoms with Crippen LogP contribution in [0.25, 0.3) is 0 Å². The van der Waals surface area contributed by atoms with E-state index in [0.29, 0.717) is 0 Å². The van der Waals surface area contributed by atoms with Crippen molar-refractivity contribution in [3.05, 3.63) is 35.6 Å². The fourth-order valence-electron chi connectivity index (χ4n) is 2.29. The molecule has 1 saturated heterocycles. The van der Waals surface area contributed by atoms with Gasteiger partial charge in [0, 0.05) is 13.1 Å². The fourth-order valence-corrected chi connectivity index (χ4v) is 2.29. The maximum absolute atomic E-state index is 12.8. The Balaban J connectivity index is 0.000000771. The molecule has 0 saturated carbocycles. The molecule has 1 heterocycles. The Morgan fingerprint density at radius 2 is 1.67 bits per heavy atom. The van der Waals surface area contributed by atoms with Crippen LogP contribution < -0.4 is 0 Å². The normalized spacial score (nSPS) is 18.9. The molecule has 0 aliphatic carbocycles. The van der Waals surface area contributed by atoms with Crippen molar-refractivity contribution >= 4 is 0 Å². The molecule has 0 atom stereocenters. The van der Waals surface area contributed by atoms with Gasteiger partial charge >= 0.3 is 0 Å².